The van der Waals surface area contributed by atoms with Crippen molar-refractivity contribution in [3.05, 3.63) is 23.8 Å². The Kier molecular flexibility index (Phi) is 3.29. The van der Waals surface area contributed by atoms with Crippen molar-refractivity contribution >= 4 is 5.69 Å². The molecule has 2 atom stereocenters. The largest absolute Gasteiger partial charge is 0.508 e. The molecular formula is C14H22N2O. The van der Waals surface area contributed by atoms with E-state index in [0.717, 1.165) is 6.54 Å². The lowest BCUT2D eigenvalue weighted by atomic mass is 9.94. The average Bonchev–Trinajstić information content (AvgIpc) is 2.66. The number of aromatic hydroxyl groups is 1. The summed E-state index contributed by atoms with van der Waals surface area (Å²) in [5, 5.41) is 13.0. The van der Waals surface area contributed by atoms with E-state index in [1.807, 2.05) is 19.2 Å². The van der Waals surface area contributed by atoms with E-state index in [1.54, 1.807) is 6.07 Å². The molecule has 1 heterocycles. The highest BCUT2D eigenvalue weighted by molar-refractivity contribution is 5.63. The summed E-state index contributed by atoms with van der Waals surface area (Å²) >= 11 is 0. The minimum atomic E-state index is 0.364. The van der Waals surface area contributed by atoms with E-state index in [1.165, 1.54) is 11.3 Å². The van der Waals surface area contributed by atoms with Crippen molar-refractivity contribution in [2.24, 2.45) is 0 Å². The second-order valence-electron chi connectivity index (χ2n) is 5.17. The van der Waals surface area contributed by atoms with Crippen LogP contribution in [0.3, 0.4) is 0 Å². The number of benzene rings is 1. The van der Waals surface area contributed by atoms with Gasteiger partial charge in [0.2, 0.25) is 0 Å². The lowest BCUT2D eigenvalue weighted by molar-refractivity contribution is 0.470. The van der Waals surface area contributed by atoms with Crippen LogP contribution in [0.15, 0.2) is 18.2 Å². The lowest BCUT2D eigenvalue weighted by Gasteiger charge is -2.25. The van der Waals surface area contributed by atoms with Crippen LogP contribution in [-0.2, 0) is 0 Å². The molecule has 2 N–H and O–H groups in total. The van der Waals surface area contributed by atoms with Gasteiger partial charge in [0.25, 0.3) is 0 Å². The lowest BCUT2D eigenvalue weighted by Crippen LogP contribution is -2.35. The molecule has 0 spiro atoms. The normalized spacial score (nSPS) is 20.8. The Hall–Kier alpha value is -1.22. The van der Waals surface area contributed by atoms with Crippen LogP contribution in [0.1, 0.15) is 32.3 Å². The third-order valence-electron chi connectivity index (χ3n) is 3.80. The van der Waals surface area contributed by atoms with Crippen LogP contribution < -0.4 is 10.2 Å². The molecule has 0 amide bonds. The van der Waals surface area contributed by atoms with Gasteiger partial charge in [-0.1, -0.05) is 0 Å². The maximum Gasteiger partial charge on any atom is 0.116 e. The highest BCUT2D eigenvalue weighted by Gasteiger charge is 2.32. The third kappa shape index (κ3) is 2.12. The number of nitrogens with one attached hydrogen (secondary N) is 1. The van der Waals surface area contributed by atoms with Crippen LogP contribution in [-0.4, -0.2) is 30.8 Å². The van der Waals surface area contributed by atoms with E-state index in [9.17, 15) is 5.11 Å². The van der Waals surface area contributed by atoms with Crippen LogP contribution in [0.5, 0.6) is 5.75 Å². The van der Waals surface area contributed by atoms with E-state index in [2.05, 4.69) is 31.0 Å². The molecule has 3 nitrogen and oxygen atoms in total. The zero-order valence-corrected chi connectivity index (χ0v) is 11.1. The first-order valence-corrected chi connectivity index (χ1v) is 6.31. The van der Waals surface area contributed by atoms with Gasteiger partial charge in [0, 0.05) is 30.2 Å². The Morgan fingerprint density at radius 1 is 1.35 bits per heavy atom. The Morgan fingerprint density at radius 2 is 2.06 bits per heavy atom. The van der Waals surface area contributed by atoms with Gasteiger partial charge in [-0.05, 0) is 51.6 Å². The first-order chi connectivity index (χ1) is 8.04. The van der Waals surface area contributed by atoms with Gasteiger partial charge >= 0.3 is 0 Å². The molecule has 1 aromatic carbocycles. The molecule has 3 heteroatoms. The number of hydrogen-bond donors (Lipinski definition) is 2. The number of rotatable bonds is 3. The molecular weight excluding hydrogens is 212 g/mol. The van der Waals surface area contributed by atoms with Crippen molar-refractivity contribution in [3.63, 3.8) is 0 Å². The number of fused-ring (bicyclic) bond motifs is 1. The summed E-state index contributed by atoms with van der Waals surface area (Å²) in [6, 6.07) is 6.64. The molecule has 1 aromatic rings. The van der Waals surface area contributed by atoms with Crippen molar-refractivity contribution in [2.75, 3.05) is 18.5 Å². The standard InChI is InChI=1S/C14H22N2O/c1-9(2)16-8-13(10(3)15-4)12-7-11(17)5-6-14(12)16/h5-7,9-10,13,15,17H,8H2,1-4H3. The predicted octanol–water partition coefficient (Wildman–Crippen LogP) is 2.31. The van der Waals surface area contributed by atoms with Crippen LogP contribution >= 0.6 is 0 Å². The molecule has 0 fully saturated rings. The van der Waals surface area contributed by atoms with Gasteiger partial charge in [-0.15, -0.1) is 0 Å². The molecule has 1 aliphatic rings. The highest BCUT2D eigenvalue weighted by atomic mass is 16.3. The third-order valence-corrected chi connectivity index (χ3v) is 3.80. The number of likely N-dealkylation sites (N-methyl/N-ethyl adjacent to an activating group) is 1. The summed E-state index contributed by atoms with van der Waals surface area (Å²) in [5.41, 5.74) is 2.53. The van der Waals surface area contributed by atoms with E-state index >= 15 is 0 Å². The highest BCUT2D eigenvalue weighted by Crippen LogP contribution is 2.40. The van der Waals surface area contributed by atoms with Gasteiger partial charge in [-0.2, -0.15) is 0 Å². The second-order valence-corrected chi connectivity index (χ2v) is 5.17. The van der Waals surface area contributed by atoms with Gasteiger partial charge in [0.15, 0.2) is 0 Å². The summed E-state index contributed by atoms with van der Waals surface area (Å²) in [4.78, 5) is 2.41. The molecule has 0 saturated heterocycles. The molecule has 1 aliphatic heterocycles. The minimum absolute atomic E-state index is 0.364. The zero-order valence-electron chi connectivity index (χ0n) is 11.1. The van der Waals surface area contributed by atoms with Crippen molar-refractivity contribution in [1.82, 2.24) is 5.32 Å². The summed E-state index contributed by atoms with van der Waals surface area (Å²) in [6.07, 6.45) is 0. The fourth-order valence-electron chi connectivity index (χ4n) is 2.63. The van der Waals surface area contributed by atoms with Crippen molar-refractivity contribution in [2.45, 2.75) is 38.8 Å². The monoisotopic (exact) mass is 234 g/mol. The number of phenolic OH excluding ortho intramolecular Hbond substituents is 1. The summed E-state index contributed by atoms with van der Waals surface area (Å²) in [5.74, 6) is 0.812. The molecule has 17 heavy (non-hydrogen) atoms. The van der Waals surface area contributed by atoms with E-state index in [4.69, 9.17) is 0 Å². The minimum Gasteiger partial charge on any atom is -0.508 e. The molecule has 94 valence electrons. The Morgan fingerprint density at radius 3 is 2.65 bits per heavy atom. The Labute approximate surface area is 103 Å². The van der Waals surface area contributed by atoms with Gasteiger partial charge in [-0.3, -0.25) is 0 Å². The predicted molar refractivity (Wildman–Crippen MR) is 71.9 cm³/mol. The first-order valence-electron chi connectivity index (χ1n) is 6.31. The maximum absolute atomic E-state index is 9.65. The van der Waals surface area contributed by atoms with Crippen molar-refractivity contribution in [3.8, 4) is 5.75 Å². The maximum atomic E-state index is 9.65. The SMILES string of the molecule is CNC(C)C1CN(C(C)C)c2ccc(O)cc21. The zero-order chi connectivity index (χ0) is 12.6. The summed E-state index contributed by atoms with van der Waals surface area (Å²) in [6.45, 7) is 7.65. The number of hydrogen-bond acceptors (Lipinski definition) is 3. The van der Waals surface area contributed by atoms with Gasteiger partial charge < -0.3 is 15.3 Å². The molecule has 0 saturated carbocycles. The molecule has 0 aromatic heterocycles. The fraction of sp³-hybridized carbons (Fsp3) is 0.571. The van der Waals surface area contributed by atoms with Gasteiger partial charge in [0.1, 0.15) is 5.75 Å². The second kappa shape index (κ2) is 4.57. The molecule has 0 radical (unpaired) electrons. The van der Waals surface area contributed by atoms with Crippen LogP contribution in [0, 0.1) is 0 Å². The quantitative estimate of drug-likeness (QED) is 0.842. The topological polar surface area (TPSA) is 35.5 Å². The summed E-state index contributed by atoms with van der Waals surface area (Å²) < 4.78 is 0. The number of anilines is 1. The van der Waals surface area contributed by atoms with Crippen molar-refractivity contribution < 1.29 is 5.11 Å². The molecule has 0 aliphatic carbocycles. The number of phenols is 1. The smallest absolute Gasteiger partial charge is 0.116 e. The Bertz CT molecular complexity index is 403. The number of nitrogens with zero attached hydrogens (tertiary/aromatic N) is 1. The molecule has 2 rings (SSSR count). The van der Waals surface area contributed by atoms with Gasteiger partial charge in [0.05, 0.1) is 0 Å². The summed E-state index contributed by atoms with van der Waals surface area (Å²) in [7, 11) is 1.99. The van der Waals surface area contributed by atoms with E-state index in [0.29, 0.717) is 23.8 Å². The molecule has 0 bridgehead atoms. The van der Waals surface area contributed by atoms with E-state index in [-0.39, 0.29) is 0 Å². The first kappa shape index (κ1) is 12.2. The van der Waals surface area contributed by atoms with Gasteiger partial charge in [-0.25, -0.2) is 0 Å². The van der Waals surface area contributed by atoms with Crippen molar-refractivity contribution in [1.29, 1.82) is 0 Å². The average molecular weight is 234 g/mol. The Balaban J connectivity index is 2.41. The molecule has 2 unspecified atom stereocenters. The van der Waals surface area contributed by atoms with Crippen LogP contribution in [0.2, 0.25) is 0 Å². The van der Waals surface area contributed by atoms with Crippen LogP contribution in [0.25, 0.3) is 0 Å². The fourth-order valence-corrected chi connectivity index (χ4v) is 2.63. The van der Waals surface area contributed by atoms with Crippen LogP contribution in [0.4, 0.5) is 5.69 Å². The van der Waals surface area contributed by atoms with E-state index < -0.39 is 0 Å².